The fraction of sp³-hybridized carbons (Fsp3) is 0.0833. The number of aryl methyl sites for hydroxylation is 1. The van der Waals surface area contributed by atoms with Gasteiger partial charge < -0.3 is 0 Å². The van der Waals surface area contributed by atoms with E-state index in [1.807, 2.05) is 0 Å². The van der Waals surface area contributed by atoms with E-state index < -0.39 is 31.6 Å². The fourth-order valence-corrected chi connectivity index (χ4v) is 2.73. The Morgan fingerprint density at radius 1 is 1.26 bits per heavy atom. The van der Waals surface area contributed by atoms with E-state index >= 15 is 0 Å². The second-order valence-electron chi connectivity index (χ2n) is 4.31. The van der Waals surface area contributed by atoms with Gasteiger partial charge in [0.25, 0.3) is 15.7 Å². The van der Waals surface area contributed by atoms with Gasteiger partial charge in [0, 0.05) is 18.0 Å². The minimum atomic E-state index is -4.42. The number of nitrogens with zero attached hydrogens (tertiary/aromatic N) is 3. The predicted molar refractivity (Wildman–Crippen MR) is 79.2 cm³/mol. The van der Waals surface area contributed by atoms with Crippen LogP contribution in [-0.4, -0.2) is 29.3 Å². The fourth-order valence-electron chi connectivity index (χ4n) is 1.65. The molecule has 11 heteroatoms. The zero-order valence-corrected chi connectivity index (χ0v) is 12.6. The van der Waals surface area contributed by atoms with Gasteiger partial charge in [-0.1, -0.05) is 12.1 Å². The standard InChI is InChI=1S/C12H11N5O5S/c1-8-6-7-13-11(14-8)15-12(18)16-23(21,22)10-5-3-2-4-9(10)17(19)20/h2-7H,1H3,(H2,13,14,15,16,18). The van der Waals surface area contributed by atoms with Gasteiger partial charge in [0.2, 0.25) is 5.95 Å². The van der Waals surface area contributed by atoms with Crippen LogP contribution in [0.25, 0.3) is 0 Å². The number of urea groups is 1. The Morgan fingerprint density at radius 2 is 1.96 bits per heavy atom. The second kappa shape index (κ2) is 6.36. The number of hydrogen-bond donors (Lipinski definition) is 2. The smallest absolute Gasteiger partial charge is 0.275 e. The van der Waals surface area contributed by atoms with Crippen LogP contribution in [0.3, 0.4) is 0 Å². The summed E-state index contributed by atoms with van der Waals surface area (Å²) in [6, 6.07) is 5.13. The zero-order chi connectivity index (χ0) is 17.0. The van der Waals surface area contributed by atoms with Crippen molar-refractivity contribution in [2.75, 3.05) is 5.32 Å². The molecule has 0 aliphatic carbocycles. The lowest BCUT2D eigenvalue weighted by atomic mass is 10.3. The molecule has 0 spiro atoms. The van der Waals surface area contributed by atoms with E-state index in [1.165, 1.54) is 18.3 Å². The molecule has 0 saturated carbocycles. The molecule has 2 amide bonds. The van der Waals surface area contributed by atoms with Crippen molar-refractivity contribution >= 4 is 27.7 Å². The molecule has 0 fully saturated rings. The molecule has 120 valence electrons. The van der Waals surface area contributed by atoms with Crippen molar-refractivity contribution in [2.45, 2.75) is 11.8 Å². The summed E-state index contributed by atoms with van der Waals surface area (Å²) >= 11 is 0. The molecular formula is C12H11N5O5S. The summed E-state index contributed by atoms with van der Waals surface area (Å²) in [5.41, 5.74) is -0.0727. The van der Waals surface area contributed by atoms with E-state index in [9.17, 15) is 23.3 Å². The first-order valence-electron chi connectivity index (χ1n) is 6.16. The van der Waals surface area contributed by atoms with Crippen molar-refractivity contribution in [3.63, 3.8) is 0 Å². The number of sulfonamides is 1. The van der Waals surface area contributed by atoms with Crippen LogP contribution in [0.1, 0.15) is 5.69 Å². The largest absolute Gasteiger partial charge is 0.335 e. The summed E-state index contributed by atoms with van der Waals surface area (Å²) in [7, 11) is -4.42. The van der Waals surface area contributed by atoms with Crippen molar-refractivity contribution in [1.29, 1.82) is 0 Å². The van der Waals surface area contributed by atoms with Gasteiger partial charge in [-0.15, -0.1) is 0 Å². The Morgan fingerprint density at radius 3 is 2.61 bits per heavy atom. The number of nitro groups is 1. The molecule has 1 aromatic heterocycles. The Balaban J connectivity index is 2.22. The average molecular weight is 337 g/mol. The zero-order valence-electron chi connectivity index (χ0n) is 11.8. The lowest BCUT2D eigenvalue weighted by molar-refractivity contribution is -0.387. The molecular weight excluding hydrogens is 326 g/mol. The first-order chi connectivity index (χ1) is 10.8. The van der Waals surface area contributed by atoms with Gasteiger partial charge >= 0.3 is 6.03 Å². The van der Waals surface area contributed by atoms with Crippen LogP contribution < -0.4 is 10.0 Å². The molecule has 10 nitrogen and oxygen atoms in total. The van der Waals surface area contributed by atoms with Crippen LogP contribution in [-0.2, 0) is 10.0 Å². The molecule has 1 heterocycles. The maximum Gasteiger partial charge on any atom is 0.335 e. The van der Waals surface area contributed by atoms with E-state index in [4.69, 9.17) is 0 Å². The number of aromatic nitrogens is 2. The summed E-state index contributed by atoms with van der Waals surface area (Å²) in [5, 5.41) is 13.0. The highest BCUT2D eigenvalue weighted by Crippen LogP contribution is 2.22. The van der Waals surface area contributed by atoms with Crippen LogP contribution in [0, 0.1) is 17.0 Å². The van der Waals surface area contributed by atoms with E-state index in [2.05, 4.69) is 15.3 Å². The maximum absolute atomic E-state index is 12.1. The van der Waals surface area contributed by atoms with Gasteiger partial charge in [-0.05, 0) is 19.1 Å². The lowest BCUT2D eigenvalue weighted by Crippen LogP contribution is -2.35. The number of hydrogen-bond acceptors (Lipinski definition) is 7. The normalized spacial score (nSPS) is 10.8. The molecule has 2 rings (SSSR count). The van der Waals surface area contributed by atoms with Crippen molar-refractivity contribution in [1.82, 2.24) is 14.7 Å². The van der Waals surface area contributed by atoms with E-state index in [0.717, 1.165) is 12.1 Å². The van der Waals surface area contributed by atoms with Crippen LogP contribution in [0.5, 0.6) is 0 Å². The Bertz CT molecular complexity index is 868. The maximum atomic E-state index is 12.1. The Hall–Kier alpha value is -3.08. The summed E-state index contributed by atoms with van der Waals surface area (Å²) in [6.45, 7) is 1.66. The van der Waals surface area contributed by atoms with Gasteiger partial charge in [-0.3, -0.25) is 15.4 Å². The van der Waals surface area contributed by atoms with Crippen molar-refractivity contribution in [3.05, 3.63) is 52.3 Å². The van der Waals surface area contributed by atoms with E-state index in [0.29, 0.717) is 5.69 Å². The highest BCUT2D eigenvalue weighted by Gasteiger charge is 2.27. The minimum Gasteiger partial charge on any atom is -0.275 e. The molecule has 0 bridgehead atoms. The van der Waals surface area contributed by atoms with Gasteiger partial charge in [0.1, 0.15) is 0 Å². The topological polar surface area (TPSA) is 144 Å². The predicted octanol–water partition coefficient (Wildman–Crippen LogP) is 1.20. The molecule has 0 aliphatic heterocycles. The lowest BCUT2D eigenvalue weighted by Gasteiger charge is -2.08. The molecule has 0 saturated heterocycles. The summed E-state index contributed by atoms with van der Waals surface area (Å²) < 4.78 is 25.9. The van der Waals surface area contributed by atoms with Gasteiger partial charge in [0.05, 0.1) is 4.92 Å². The summed E-state index contributed by atoms with van der Waals surface area (Å²) in [4.78, 5) is 28.8. The minimum absolute atomic E-state index is 0.0970. The SMILES string of the molecule is Cc1ccnc(NC(=O)NS(=O)(=O)c2ccccc2[N+](=O)[O-])n1. The third kappa shape index (κ3) is 3.97. The summed E-state index contributed by atoms with van der Waals surface area (Å²) in [5.74, 6) is -0.0970. The molecule has 2 aromatic rings. The monoisotopic (exact) mass is 337 g/mol. The molecule has 0 radical (unpaired) electrons. The Labute approximate surface area is 130 Å². The van der Waals surface area contributed by atoms with Gasteiger partial charge in [0.15, 0.2) is 4.90 Å². The van der Waals surface area contributed by atoms with Crippen molar-refractivity contribution in [2.24, 2.45) is 0 Å². The third-order valence-corrected chi connectivity index (χ3v) is 3.98. The first-order valence-corrected chi connectivity index (χ1v) is 7.65. The molecule has 0 unspecified atom stereocenters. The number of rotatable bonds is 4. The number of amides is 2. The van der Waals surface area contributed by atoms with Crippen LogP contribution in [0.2, 0.25) is 0 Å². The first kappa shape index (κ1) is 16.3. The highest BCUT2D eigenvalue weighted by molar-refractivity contribution is 7.90. The van der Waals surface area contributed by atoms with E-state index in [1.54, 1.807) is 17.7 Å². The van der Waals surface area contributed by atoms with Crippen molar-refractivity contribution < 1.29 is 18.1 Å². The molecule has 0 aliphatic rings. The number of para-hydroxylation sites is 1. The Kier molecular flexibility index (Phi) is 4.50. The number of benzene rings is 1. The number of anilines is 1. The quantitative estimate of drug-likeness (QED) is 0.630. The number of nitro benzene ring substituents is 1. The second-order valence-corrected chi connectivity index (χ2v) is 5.96. The molecule has 0 atom stereocenters. The molecule has 2 N–H and O–H groups in total. The number of carbonyl (C=O) groups is 1. The third-order valence-electron chi connectivity index (χ3n) is 2.60. The van der Waals surface area contributed by atoms with Crippen molar-refractivity contribution in [3.8, 4) is 0 Å². The van der Waals surface area contributed by atoms with Gasteiger partial charge in [-0.25, -0.2) is 27.9 Å². The summed E-state index contributed by atoms with van der Waals surface area (Å²) in [6.07, 6.45) is 1.38. The number of carbonyl (C=O) groups excluding carboxylic acids is 1. The van der Waals surface area contributed by atoms with Crippen LogP contribution in [0.15, 0.2) is 41.4 Å². The number of nitrogens with one attached hydrogen (secondary N) is 2. The molecule has 23 heavy (non-hydrogen) atoms. The van der Waals surface area contributed by atoms with Crippen LogP contribution in [0.4, 0.5) is 16.4 Å². The molecule has 1 aromatic carbocycles. The highest BCUT2D eigenvalue weighted by atomic mass is 32.2. The van der Waals surface area contributed by atoms with Crippen LogP contribution >= 0.6 is 0 Å². The average Bonchev–Trinajstić information content (AvgIpc) is 2.46. The van der Waals surface area contributed by atoms with E-state index in [-0.39, 0.29) is 5.95 Å². The van der Waals surface area contributed by atoms with Gasteiger partial charge in [-0.2, -0.15) is 0 Å².